The van der Waals surface area contributed by atoms with Crippen molar-refractivity contribution in [1.29, 1.82) is 0 Å². The van der Waals surface area contributed by atoms with E-state index in [1.807, 2.05) is 0 Å². The van der Waals surface area contributed by atoms with E-state index in [-0.39, 0.29) is 5.60 Å². The molecular weight excluding hydrogens is 162 g/mol. The molecular formula is C11H21NO. The maximum absolute atomic E-state index is 10.3. The smallest absolute Gasteiger partial charge is 0.0700 e. The van der Waals surface area contributed by atoms with E-state index in [4.69, 9.17) is 0 Å². The molecule has 13 heavy (non-hydrogen) atoms. The third kappa shape index (κ3) is 2.05. The predicted molar refractivity (Wildman–Crippen MR) is 53.6 cm³/mol. The average Bonchev–Trinajstić information content (AvgIpc) is 2.92. The van der Waals surface area contributed by atoms with Crippen LogP contribution in [0.25, 0.3) is 0 Å². The van der Waals surface area contributed by atoms with Crippen molar-refractivity contribution in [2.45, 2.75) is 44.6 Å². The summed E-state index contributed by atoms with van der Waals surface area (Å²) in [6, 6.07) is 0. The lowest BCUT2D eigenvalue weighted by molar-refractivity contribution is -0.0388. The molecule has 1 aliphatic carbocycles. The maximum atomic E-state index is 10.3. The van der Waals surface area contributed by atoms with E-state index < -0.39 is 0 Å². The fourth-order valence-electron chi connectivity index (χ4n) is 2.51. The third-order valence-corrected chi connectivity index (χ3v) is 3.60. The van der Waals surface area contributed by atoms with Crippen LogP contribution in [0, 0.1) is 5.92 Å². The van der Waals surface area contributed by atoms with Gasteiger partial charge in [0, 0.05) is 13.1 Å². The molecule has 2 aliphatic rings. The van der Waals surface area contributed by atoms with E-state index in [0.29, 0.717) is 5.92 Å². The van der Waals surface area contributed by atoms with Crippen LogP contribution in [-0.2, 0) is 0 Å². The fraction of sp³-hybridized carbons (Fsp3) is 1.00. The average molecular weight is 183 g/mol. The molecule has 1 saturated heterocycles. The molecule has 0 radical (unpaired) electrons. The Hall–Kier alpha value is -0.0800. The summed E-state index contributed by atoms with van der Waals surface area (Å²) in [7, 11) is 0. The summed E-state index contributed by atoms with van der Waals surface area (Å²) in [4.78, 5) is 2.48. The molecule has 0 aromatic heterocycles. The normalized spacial score (nSPS) is 29.1. The molecule has 0 bridgehead atoms. The van der Waals surface area contributed by atoms with E-state index in [9.17, 15) is 5.11 Å². The lowest BCUT2D eigenvalue weighted by atomic mass is 9.87. The molecule has 76 valence electrons. The molecule has 2 heteroatoms. The molecule has 0 unspecified atom stereocenters. The van der Waals surface area contributed by atoms with Gasteiger partial charge in [0.25, 0.3) is 0 Å². The molecule has 2 fully saturated rings. The predicted octanol–water partition coefficient (Wildman–Crippen LogP) is 1.63. The Morgan fingerprint density at radius 2 is 1.92 bits per heavy atom. The Kier molecular flexibility index (Phi) is 2.61. The second-order valence-corrected chi connectivity index (χ2v) is 4.72. The first-order chi connectivity index (χ1) is 6.24. The topological polar surface area (TPSA) is 23.5 Å². The zero-order valence-electron chi connectivity index (χ0n) is 8.63. The minimum absolute atomic E-state index is 0.274. The van der Waals surface area contributed by atoms with Crippen molar-refractivity contribution in [1.82, 2.24) is 4.90 Å². The lowest BCUT2D eigenvalue weighted by Gasteiger charge is -2.38. The monoisotopic (exact) mass is 183 g/mol. The van der Waals surface area contributed by atoms with Crippen molar-refractivity contribution < 1.29 is 5.11 Å². The number of aliphatic hydroxyl groups is 1. The van der Waals surface area contributed by atoms with Crippen molar-refractivity contribution in [3.05, 3.63) is 0 Å². The fourth-order valence-corrected chi connectivity index (χ4v) is 2.51. The van der Waals surface area contributed by atoms with Crippen LogP contribution < -0.4 is 0 Å². The van der Waals surface area contributed by atoms with Crippen molar-refractivity contribution >= 4 is 0 Å². The molecule has 1 heterocycles. The summed E-state index contributed by atoms with van der Waals surface area (Å²) in [5.74, 6) is 0.649. The maximum Gasteiger partial charge on any atom is 0.0700 e. The zero-order valence-corrected chi connectivity index (χ0v) is 8.63. The van der Waals surface area contributed by atoms with Gasteiger partial charge in [-0.2, -0.15) is 0 Å². The number of rotatable bonds is 3. The molecule has 0 aromatic carbocycles. The molecule has 0 aromatic rings. The van der Waals surface area contributed by atoms with E-state index in [2.05, 4.69) is 11.8 Å². The van der Waals surface area contributed by atoms with Crippen LogP contribution in [0.2, 0.25) is 0 Å². The highest BCUT2D eigenvalue weighted by Gasteiger charge is 2.44. The van der Waals surface area contributed by atoms with Gasteiger partial charge < -0.3 is 10.0 Å². The SMILES string of the molecule is CCCN1CCC(O)(C2CC2)CC1. The quantitative estimate of drug-likeness (QED) is 0.719. The van der Waals surface area contributed by atoms with Crippen molar-refractivity contribution in [3.63, 3.8) is 0 Å². The minimum Gasteiger partial charge on any atom is -0.390 e. The Balaban J connectivity index is 1.81. The van der Waals surface area contributed by atoms with Gasteiger partial charge in [-0.05, 0) is 44.6 Å². The van der Waals surface area contributed by atoms with Gasteiger partial charge in [-0.3, -0.25) is 0 Å². The molecule has 1 saturated carbocycles. The molecule has 2 rings (SSSR count). The number of nitrogens with zero attached hydrogens (tertiary/aromatic N) is 1. The van der Waals surface area contributed by atoms with Gasteiger partial charge in [-0.15, -0.1) is 0 Å². The molecule has 1 aliphatic heterocycles. The third-order valence-electron chi connectivity index (χ3n) is 3.60. The van der Waals surface area contributed by atoms with Crippen molar-refractivity contribution in [2.24, 2.45) is 5.92 Å². The number of piperidine rings is 1. The summed E-state index contributed by atoms with van der Waals surface area (Å²) in [6.07, 6.45) is 5.80. The lowest BCUT2D eigenvalue weighted by Crippen LogP contribution is -2.45. The van der Waals surface area contributed by atoms with Gasteiger partial charge in [0.15, 0.2) is 0 Å². The van der Waals surface area contributed by atoms with Gasteiger partial charge >= 0.3 is 0 Å². The summed E-state index contributed by atoms with van der Waals surface area (Å²) >= 11 is 0. The first-order valence-electron chi connectivity index (χ1n) is 5.69. The van der Waals surface area contributed by atoms with Crippen LogP contribution in [-0.4, -0.2) is 35.2 Å². The van der Waals surface area contributed by atoms with Gasteiger partial charge in [0.05, 0.1) is 5.60 Å². The van der Waals surface area contributed by atoms with E-state index in [0.717, 1.165) is 25.9 Å². The summed E-state index contributed by atoms with van der Waals surface area (Å²) in [5, 5.41) is 10.3. The largest absolute Gasteiger partial charge is 0.390 e. The molecule has 0 spiro atoms. The number of hydrogen-bond donors (Lipinski definition) is 1. The number of hydrogen-bond acceptors (Lipinski definition) is 2. The van der Waals surface area contributed by atoms with Crippen LogP contribution in [0.15, 0.2) is 0 Å². The first-order valence-corrected chi connectivity index (χ1v) is 5.69. The second kappa shape index (κ2) is 3.58. The molecule has 0 atom stereocenters. The summed E-state index contributed by atoms with van der Waals surface area (Å²) < 4.78 is 0. The Labute approximate surface area is 80.9 Å². The Morgan fingerprint density at radius 3 is 2.38 bits per heavy atom. The van der Waals surface area contributed by atoms with E-state index in [1.165, 1.54) is 25.8 Å². The van der Waals surface area contributed by atoms with E-state index >= 15 is 0 Å². The van der Waals surface area contributed by atoms with Crippen LogP contribution >= 0.6 is 0 Å². The second-order valence-electron chi connectivity index (χ2n) is 4.72. The number of likely N-dealkylation sites (tertiary alicyclic amines) is 1. The van der Waals surface area contributed by atoms with Crippen LogP contribution in [0.1, 0.15) is 39.0 Å². The van der Waals surface area contributed by atoms with Gasteiger partial charge in [-0.1, -0.05) is 6.92 Å². The van der Waals surface area contributed by atoms with Gasteiger partial charge in [0.1, 0.15) is 0 Å². The molecule has 0 amide bonds. The summed E-state index contributed by atoms with van der Waals surface area (Å²) in [5.41, 5.74) is -0.274. The Bertz CT molecular complexity index is 169. The van der Waals surface area contributed by atoms with Crippen LogP contribution in [0.5, 0.6) is 0 Å². The standard InChI is InChI=1S/C11H21NO/c1-2-7-12-8-5-11(13,6-9-12)10-3-4-10/h10,13H,2-9H2,1H3. The van der Waals surface area contributed by atoms with Crippen molar-refractivity contribution in [2.75, 3.05) is 19.6 Å². The minimum atomic E-state index is -0.274. The van der Waals surface area contributed by atoms with Gasteiger partial charge in [-0.25, -0.2) is 0 Å². The van der Waals surface area contributed by atoms with Crippen molar-refractivity contribution in [3.8, 4) is 0 Å². The highest BCUT2D eigenvalue weighted by molar-refractivity contribution is 4.97. The molecule has 2 nitrogen and oxygen atoms in total. The van der Waals surface area contributed by atoms with Gasteiger partial charge in [0.2, 0.25) is 0 Å². The van der Waals surface area contributed by atoms with Crippen LogP contribution in [0.3, 0.4) is 0 Å². The zero-order chi connectivity index (χ0) is 9.31. The Morgan fingerprint density at radius 1 is 1.31 bits per heavy atom. The van der Waals surface area contributed by atoms with Crippen LogP contribution in [0.4, 0.5) is 0 Å². The highest BCUT2D eigenvalue weighted by Crippen LogP contribution is 2.44. The highest BCUT2D eigenvalue weighted by atomic mass is 16.3. The summed E-state index contributed by atoms with van der Waals surface area (Å²) in [6.45, 7) is 5.66. The van der Waals surface area contributed by atoms with E-state index in [1.54, 1.807) is 0 Å². The first kappa shape index (κ1) is 9.47. The molecule has 1 N–H and O–H groups in total.